The molecule has 3 rings (SSSR count). The number of aryl methyl sites for hydroxylation is 1. The second-order valence-electron chi connectivity index (χ2n) is 5.86. The topological polar surface area (TPSA) is 76.1 Å². The van der Waals surface area contributed by atoms with Crippen LogP contribution in [0.1, 0.15) is 5.56 Å². The van der Waals surface area contributed by atoms with Crippen molar-refractivity contribution in [3.8, 4) is 17.1 Å². The summed E-state index contributed by atoms with van der Waals surface area (Å²) >= 11 is 5.80. The summed E-state index contributed by atoms with van der Waals surface area (Å²) < 4.78 is 5.50. The summed E-state index contributed by atoms with van der Waals surface area (Å²) in [7, 11) is 0. The molecule has 1 heterocycles. The molecule has 0 atom stereocenters. The molecule has 0 radical (unpaired) electrons. The molecule has 138 valence electrons. The Balaban J connectivity index is 1.41. The van der Waals surface area contributed by atoms with Crippen molar-refractivity contribution in [2.45, 2.75) is 6.92 Å². The van der Waals surface area contributed by atoms with Crippen molar-refractivity contribution in [3.05, 3.63) is 71.2 Å². The Bertz CT molecular complexity index is 881. The van der Waals surface area contributed by atoms with Gasteiger partial charge in [-0.25, -0.2) is 4.79 Å². The van der Waals surface area contributed by atoms with Crippen molar-refractivity contribution in [1.82, 2.24) is 15.5 Å². The summed E-state index contributed by atoms with van der Waals surface area (Å²) in [6.07, 6.45) is 0. The van der Waals surface area contributed by atoms with Gasteiger partial charge in [0.25, 0.3) is 0 Å². The van der Waals surface area contributed by atoms with E-state index in [1.165, 1.54) is 5.56 Å². The number of hydrogen-bond acceptors (Lipinski definition) is 4. The quantitative estimate of drug-likeness (QED) is 0.623. The largest absolute Gasteiger partial charge is 0.475 e. The van der Waals surface area contributed by atoms with Crippen molar-refractivity contribution in [2.24, 2.45) is 0 Å². The second-order valence-corrected chi connectivity index (χ2v) is 6.30. The third-order valence-electron chi connectivity index (χ3n) is 3.73. The van der Waals surface area contributed by atoms with Crippen LogP contribution in [-0.2, 0) is 0 Å². The van der Waals surface area contributed by atoms with Crippen LogP contribution in [0.2, 0.25) is 5.02 Å². The van der Waals surface area contributed by atoms with Gasteiger partial charge >= 0.3 is 6.03 Å². The molecule has 2 amide bonds. The minimum Gasteiger partial charge on any atom is -0.475 e. The zero-order valence-electron chi connectivity index (χ0n) is 14.8. The number of anilines is 1. The molecule has 6 nitrogen and oxygen atoms in total. The Morgan fingerprint density at radius 2 is 1.74 bits per heavy atom. The first-order valence-electron chi connectivity index (χ1n) is 8.44. The number of carbonyl (C=O) groups is 1. The number of nitrogens with one attached hydrogen (secondary N) is 2. The molecule has 0 spiro atoms. The van der Waals surface area contributed by atoms with Gasteiger partial charge in [0.2, 0.25) is 5.88 Å². The van der Waals surface area contributed by atoms with E-state index < -0.39 is 0 Å². The predicted molar refractivity (Wildman–Crippen MR) is 106 cm³/mol. The summed E-state index contributed by atoms with van der Waals surface area (Å²) in [5, 5.41) is 14.2. The maximum Gasteiger partial charge on any atom is 0.319 e. The molecule has 0 fully saturated rings. The summed E-state index contributed by atoms with van der Waals surface area (Å²) in [4.78, 5) is 11.8. The van der Waals surface area contributed by atoms with E-state index in [9.17, 15) is 4.79 Å². The van der Waals surface area contributed by atoms with Gasteiger partial charge in [0.1, 0.15) is 6.61 Å². The number of urea groups is 1. The Kier molecular flexibility index (Phi) is 6.22. The number of halogens is 1. The number of nitrogens with zero attached hydrogens (tertiary/aromatic N) is 2. The van der Waals surface area contributed by atoms with Crippen molar-refractivity contribution in [2.75, 3.05) is 18.5 Å². The first kappa shape index (κ1) is 18.7. The molecule has 0 saturated carbocycles. The molecular weight excluding hydrogens is 364 g/mol. The molecule has 2 N–H and O–H groups in total. The lowest BCUT2D eigenvalue weighted by atomic mass is 10.1. The Morgan fingerprint density at radius 1 is 1.00 bits per heavy atom. The summed E-state index contributed by atoms with van der Waals surface area (Å²) in [6.45, 7) is 2.66. The van der Waals surface area contributed by atoms with Crippen LogP contribution in [0.4, 0.5) is 10.5 Å². The van der Waals surface area contributed by atoms with Crippen molar-refractivity contribution >= 4 is 23.3 Å². The first-order chi connectivity index (χ1) is 13.1. The van der Waals surface area contributed by atoms with E-state index in [0.29, 0.717) is 23.1 Å². The van der Waals surface area contributed by atoms with E-state index in [0.717, 1.165) is 11.3 Å². The Morgan fingerprint density at radius 3 is 2.41 bits per heavy atom. The zero-order chi connectivity index (χ0) is 19.1. The smallest absolute Gasteiger partial charge is 0.319 e. The monoisotopic (exact) mass is 382 g/mol. The molecule has 0 bridgehead atoms. The highest BCUT2D eigenvalue weighted by Gasteiger charge is 2.03. The number of aromatic nitrogens is 2. The third-order valence-corrected chi connectivity index (χ3v) is 3.98. The molecule has 0 unspecified atom stereocenters. The molecule has 3 aromatic rings. The van der Waals surface area contributed by atoms with E-state index in [1.807, 2.05) is 37.3 Å². The van der Waals surface area contributed by atoms with Crippen LogP contribution in [0, 0.1) is 6.92 Å². The van der Waals surface area contributed by atoms with Gasteiger partial charge in [-0.2, -0.15) is 0 Å². The van der Waals surface area contributed by atoms with Gasteiger partial charge in [0.05, 0.1) is 12.2 Å². The van der Waals surface area contributed by atoms with Gasteiger partial charge in [-0.1, -0.05) is 41.4 Å². The van der Waals surface area contributed by atoms with Crippen molar-refractivity contribution in [1.29, 1.82) is 0 Å². The van der Waals surface area contributed by atoms with Crippen LogP contribution in [0.25, 0.3) is 11.3 Å². The van der Waals surface area contributed by atoms with Crippen LogP contribution in [0.15, 0.2) is 60.7 Å². The minimum atomic E-state index is -0.318. The lowest BCUT2D eigenvalue weighted by Gasteiger charge is -2.09. The van der Waals surface area contributed by atoms with Crippen molar-refractivity contribution in [3.63, 3.8) is 0 Å². The summed E-state index contributed by atoms with van der Waals surface area (Å²) in [5.74, 6) is 0.408. The van der Waals surface area contributed by atoms with Gasteiger partial charge in [0, 0.05) is 22.3 Å². The Hall–Kier alpha value is -3.12. The minimum absolute atomic E-state index is 0.284. The summed E-state index contributed by atoms with van der Waals surface area (Å²) in [5.41, 5.74) is 3.64. The molecule has 0 aliphatic heterocycles. The fourth-order valence-electron chi connectivity index (χ4n) is 2.30. The van der Waals surface area contributed by atoms with E-state index in [2.05, 4.69) is 20.8 Å². The SMILES string of the molecule is Cc1ccc(-c2ccc(OCCNC(=O)Nc3ccc(Cl)cc3)nn2)cc1. The zero-order valence-corrected chi connectivity index (χ0v) is 15.5. The van der Waals surface area contributed by atoms with Crippen LogP contribution in [-0.4, -0.2) is 29.4 Å². The molecule has 1 aromatic heterocycles. The van der Waals surface area contributed by atoms with Gasteiger partial charge < -0.3 is 15.4 Å². The lowest BCUT2D eigenvalue weighted by molar-refractivity contribution is 0.246. The molecule has 27 heavy (non-hydrogen) atoms. The van der Waals surface area contributed by atoms with Gasteiger partial charge in [0.15, 0.2) is 0 Å². The van der Waals surface area contributed by atoms with E-state index in [-0.39, 0.29) is 12.6 Å². The molecule has 0 saturated heterocycles. The highest BCUT2D eigenvalue weighted by Crippen LogP contribution is 2.18. The number of amides is 2. The third kappa shape index (κ3) is 5.69. The van der Waals surface area contributed by atoms with Crippen LogP contribution >= 0.6 is 11.6 Å². The number of benzene rings is 2. The highest BCUT2D eigenvalue weighted by atomic mass is 35.5. The molecular formula is C20H19ClN4O2. The molecule has 0 aliphatic carbocycles. The number of hydrogen-bond donors (Lipinski definition) is 2. The number of ether oxygens (including phenoxy) is 1. The maximum absolute atomic E-state index is 11.8. The number of rotatable bonds is 6. The lowest BCUT2D eigenvalue weighted by Crippen LogP contribution is -2.32. The first-order valence-corrected chi connectivity index (χ1v) is 8.82. The fourth-order valence-corrected chi connectivity index (χ4v) is 2.43. The molecule has 7 heteroatoms. The standard InChI is InChI=1S/C20H19ClN4O2/c1-14-2-4-15(5-3-14)18-10-11-19(25-24-18)27-13-12-22-20(26)23-17-8-6-16(21)7-9-17/h2-11H,12-13H2,1H3,(H2,22,23,26). The fraction of sp³-hybridized carbons (Fsp3) is 0.150. The van der Waals surface area contributed by atoms with Gasteiger partial charge in [-0.05, 0) is 37.3 Å². The average molecular weight is 383 g/mol. The van der Waals surface area contributed by atoms with Gasteiger partial charge in [-0.15, -0.1) is 10.2 Å². The van der Waals surface area contributed by atoms with E-state index in [1.54, 1.807) is 30.3 Å². The van der Waals surface area contributed by atoms with Crippen LogP contribution < -0.4 is 15.4 Å². The van der Waals surface area contributed by atoms with Gasteiger partial charge in [-0.3, -0.25) is 0 Å². The Labute approximate surface area is 162 Å². The number of carbonyl (C=O) groups excluding carboxylic acids is 1. The van der Waals surface area contributed by atoms with Crippen molar-refractivity contribution < 1.29 is 9.53 Å². The van der Waals surface area contributed by atoms with E-state index in [4.69, 9.17) is 16.3 Å². The maximum atomic E-state index is 11.8. The molecule has 0 aliphatic rings. The normalized spacial score (nSPS) is 10.3. The molecule has 2 aromatic carbocycles. The van der Waals surface area contributed by atoms with Crippen LogP contribution in [0.3, 0.4) is 0 Å². The average Bonchev–Trinajstić information content (AvgIpc) is 2.68. The second kappa shape index (κ2) is 9.00. The summed E-state index contributed by atoms with van der Waals surface area (Å²) in [6, 6.07) is 18.2. The highest BCUT2D eigenvalue weighted by molar-refractivity contribution is 6.30. The van der Waals surface area contributed by atoms with E-state index >= 15 is 0 Å². The predicted octanol–water partition coefficient (Wildman–Crippen LogP) is 4.31. The van der Waals surface area contributed by atoms with Crippen LogP contribution in [0.5, 0.6) is 5.88 Å².